The Morgan fingerprint density at radius 3 is 3.00 bits per heavy atom. The van der Waals surface area contributed by atoms with Gasteiger partial charge in [-0.2, -0.15) is 5.26 Å². The van der Waals surface area contributed by atoms with E-state index in [1.54, 1.807) is 12.1 Å². The van der Waals surface area contributed by atoms with Gasteiger partial charge in [0, 0.05) is 18.0 Å². The highest BCUT2D eigenvalue weighted by molar-refractivity contribution is 6.30. The summed E-state index contributed by atoms with van der Waals surface area (Å²) in [5.74, 6) is -0.0415. The first-order valence-electron chi connectivity index (χ1n) is 5.10. The zero-order valence-corrected chi connectivity index (χ0v) is 9.63. The van der Waals surface area contributed by atoms with Crippen LogP contribution in [0.3, 0.4) is 0 Å². The average molecular weight is 237 g/mol. The number of nitrogens with zero attached hydrogens (tertiary/aromatic N) is 1. The number of halogens is 1. The van der Waals surface area contributed by atoms with Crippen molar-refractivity contribution in [2.24, 2.45) is 0 Å². The van der Waals surface area contributed by atoms with E-state index >= 15 is 0 Å². The Labute approximate surface area is 100 Å². The molecule has 0 aliphatic rings. The van der Waals surface area contributed by atoms with Gasteiger partial charge in [0.25, 0.3) is 0 Å². The van der Waals surface area contributed by atoms with Crippen LogP contribution < -0.4 is 5.32 Å². The molecule has 84 valence electrons. The molecule has 0 fully saturated rings. The van der Waals surface area contributed by atoms with Crippen LogP contribution in [0, 0.1) is 11.3 Å². The lowest BCUT2D eigenvalue weighted by Crippen LogP contribution is -2.25. The molecule has 0 saturated heterocycles. The zero-order valence-electron chi connectivity index (χ0n) is 8.87. The van der Waals surface area contributed by atoms with E-state index in [4.69, 9.17) is 16.9 Å². The molecule has 1 aromatic carbocycles. The van der Waals surface area contributed by atoms with Gasteiger partial charge in [-0.05, 0) is 24.1 Å². The van der Waals surface area contributed by atoms with Crippen LogP contribution >= 0.6 is 11.6 Å². The Balaban J connectivity index is 2.32. The number of hydrogen-bond acceptors (Lipinski definition) is 2. The molecule has 1 amide bonds. The molecule has 0 unspecified atom stereocenters. The fraction of sp³-hybridized carbons (Fsp3) is 0.333. The van der Waals surface area contributed by atoms with E-state index in [1.807, 2.05) is 18.2 Å². The first-order chi connectivity index (χ1) is 7.72. The summed E-state index contributed by atoms with van der Waals surface area (Å²) in [5, 5.41) is 11.7. The Bertz CT molecular complexity index is 398. The van der Waals surface area contributed by atoms with Crippen LogP contribution in [0.25, 0.3) is 0 Å². The van der Waals surface area contributed by atoms with E-state index < -0.39 is 0 Å². The van der Waals surface area contributed by atoms with Crippen molar-refractivity contribution in [1.29, 1.82) is 5.26 Å². The third kappa shape index (κ3) is 4.81. The third-order valence-electron chi connectivity index (χ3n) is 2.04. The van der Waals surface area contributed by atoms with Gasteiger partial charge in [0.1, 0.15) is 0 Å². The topological polar surface area (TPSA) is 52.9 Å². The van der Waals surface area contributed by atoms with Gasteiger partial charge >= 0.3 is 0 Å². The number of benzene rings is 1. The van der Waals surface area contributed by atoms with Crippen molar-refractivity contribution in [3.8, 4) is 6.07 Å². The summed E-state index contributed by atoms with van der Waals surface area (Å²) >= 11 is 5.81. The molecule has 3 nitrogen and oxygen atoms in total. The van der Waals surface area contributed by atoms with E-state index in [2.05, 4.69) is 5.32 Å². The molecule has 1 aromatic rings. The molecule has 1 rings (SSSR count). The van der Waals surface area contributed by atoms with E-state index in [1.165, 1.54) is 0 Å². The molecule has 0 heterocycles. The Kier molecular flexibility index (Phi) is 5.38. The Morgan fingerprint density at radius 1 is 1.50 bits per heavy atom. The molecule has 16 heavy (non-hydrogen) atoms. The van der Waals surface area contributed by atoms with E-state index in [0.717, 1.165) is 5.56 Å². The van der Waals surface area contributed by atoms with Crippen molar-refractivity contribution < 1.29 is 4.79 Å². The molecule has 0 aliphatic carbocycles. The summed E-state index contributed by atoms with van der Waals surface area (Å²) in [6.07, 6.45) is 1.49. The average Bonchev–Trinajstić information content (AvgIpc) is 2.24. The minimum Gasteiger partial charge on any atom is -0.356 e. The summed E-state index contributed by atoms with van der Waals surface area (Å²) in [6, 6.07) is 9.26. The van der Waals surface area contributed by atoms with Crippen LogP contribution in [0.15, 0.2) is 24.3 Å². The maximum absolute atomic E-state index is 11.4. The number of carbonyl (C=O) groups excluding carboxylic acids is 1. The maximum atomic E-state index is 11.4. The molecule has 1 N–H and O–H groups in total. The number of nitriles is 1. The molecule has 0 bridgehead atoms. The fourth-order valence-corrected chi connectivity index (χ4v) is 1.50. The molecule has 0 atom stereocenters. The Hall–Kier alpha value is -1.53. The normalized spacial score (nSPS) is 9.50. The summed E-state index contributed by atoms with van der Waals surface area (Å²) < 4.78 is 0. The predicted molar refractivity (Wildman–Crippen MR) is 63.0 cm³/mol. The van der Waals surface area contributed by atoms with Crippen molar-refractivity contribution in [3.05, 3.63) is 34.9 Å². The molecule has 4 heteroatoms. The number of amides is 1. The summed E-state index contributed by atoms with van der Waals surface area (Å²) in [7, 11) is 0. The van der Waals surface area contributed by atoms with Crippen LogP contribution in [0.4, 0.5) is 0 Å². The van der Waals surface area contributed by atoms with Crippen LogP contribution in [0.1, 0.15) is 18.4 Å². The molecular formula is C12H13ClN2O. The minimum atomic E-state index is -0.0415. The van der Waals surface area contributed by atoms with E-state index in [-0.39, 0.29) is 5.91 Å². The quantitative estimate of drug-likeness (QED) is 0.798. The zero-order chi connectivity index (χ0) is 11.8. The van der Waals surface area contributed by atoms with Gasteiger partial charge < -0.3 is 5.32 Å². The molecule has 0 aromatic heterocycles. The molecule has 0 spiro atoms. The second kappa shape index (κ2) is 6.86. The Morgan fingerprint density at radius 2 is 2.31 bits per heavy atom. The van der Waals surface area contributed by atoms with E-state index in [0.29, 0.717) is 30.8 Å². The van der Waals surface area contributed by atoms with Crippen molar-refractivity contribution in [2.45, 2.75) is 19.3 Å². The largest absolute Gasteiger partial charge is 0.356 e. The minimum absolute atomic E-state index is 0.0415. The molecular weight excluding hydrogens is 224 g/mol. The van der Waals surface area contributed by atoms with Gasteiger partial charge in [-0.15, -0.1) is 0 Å². The lowest BCUT2D eigenvalue weighted by molar-refractivity contribution is -0.120. The van der Waals surface area contributed by atoms with Gasteiger partial charge in [-0.3, -0.25) is 4.79 Å². The first kappa shape index (κ1) is 12.5. The summed E-state index contributed by atoms with van der Waals surface area (Å²) in [4.78, 5) is 11.4. The van der Waals surface area contributed by atoms with Gasteiger partial charge in [0.15, 0.2) is 0 Å². The van der Waals surface area contributed by atoms with Crippen molar-refractivity contribution >= 4 is 17.5 Å². The van der Waals surface area contributed by atoms with Crippen LogP contribution in [-0.4, -0.2) is 12.5 Å². The molecule has 0 saturated carbocycles. The summed E-state index contributed by atoms with van der Waals surface area (Å²) in [5.41, 5.74) is 0.894. The van der Waals surface area contributed by atoms with Crippen molar-refractivity contribution in [3.63, 3.8) is 0 Å². The van der Waals surface area contributed by atoms with Crippen molar-refractivity contribution in [2.75, 3.05) is 6.54 Å². The summed E-state index contributed by atoms with van der Waals surface area (Å²) in [6.45, 7) is 0.549. The van der Waals surface area contributed by atoms with Crippen LogP contribution in [-0.2, 0) is 11.2 Å². The lowest BCUT2D eigenvalue weighted by atomic mass is 10.1. The van der Waals surface area contributed by atoms with Gasteiger partial charge in [-0.25, -0.2) is 0 Å². The van der Waals surface area contributed by atoms with Gasteiger partial charge in [0.2, 0.25) is 5.91 Å². The smallest absolute Gasteiger partial charge is 0.224 e. The predicted octanol–water partition coefficient (Wildman–Crippen LogP) is 2.30. The SMILES string of the molecule is N#CCCCNC(=O)Cc1cccc(Cl)c1. The highest BCUT2D eigenvalue weighted by Crippen LogP contribution is 2.10. The second-order valence-corrected chi connectivity index (χ2v) is 3.85. The second-order valence-electron chi connectivity index (χ2n) is 3.42. The van der Waals surface area contributed by atoms with Gasteiger partial charge in [-0.1, -0.05) is 23.7 Å². The molecule has 0 aliphatic heterocycles. The number of carbonyl (C=O) groups is 1. The standard InChI is InChI=1S/C12H13ClN2O/c13-11-5-3-4-10(8-11)9-12(16)15-7-2-1-6-14/h3-5,8H,1-2,7,9H2,(H,15,16). The highest BCUT2D eigenvalue weighted by Gasteiger charge is 2.02. The fourth-order valence-electron chi connectivity index (χ4n) is 1.29. The molecule has 0 radical (unpaired) electrons. The third-order valence-corrected chi connectivity index (χ3v) is 2.28. The monoisotopic (exact) mass is 236 g/mol. The van der Waals surface area contributed by atoms with Crippen LogP contribution in [0.2, 0.25) is 5.02 Å². The van der Waals surface area contributed by atoms with E-state index in [9.17, 15) is 4.79 Å². The lowest BCUT2D eigenvalue weighted by Gasteiger charge is -2.04. The van der Waals surface area contributed by atoms with Crippen molar-refractivity contribution in [1.82, 2.24) is 5.32 Å². The number of unbranched alkanes of at least 4 members (excludes halogenated alkanes) is 1. The number of nitrogens with one attached hydrogen (secondary N) is 1. The number of rotatable bonds is 5. The highest BCUT2D eigenvalue weighted by atomic mass is 35.5. The number of hydrogen-bond donors (Lipinski definition) is 1. The maximum Gasteiger partial charge on any atom is 0.224 e. The van der Waals surface area contributed by atoms with Crippen LogP contribution in [0.5, 0.6) is 0 Å². The van der Waals surface area contributed by atoms with Gasteiger partial charge in [0.05, 0.1) is 12.5 Å². The first-order valence-corrected chi connectivity index (χ1v) is 5.48.